The maximum atomic E-state index is 12.0. The van der Waals surface area contributed by atoms with Crippen LogP contribution in [0.4, 0.5) is 0 Å². The van der Waals surface area contributed by atoms with Crippen molar-refractivity contribution in [2.75, 3.05) is 12.9 Å². The summed E-state index contributed by atoms with van der Waals surface area (Å²) >= 11 is 0. The van der Waals surface area contributed by atoms with Crippen LogP contribution in [-0.2, 0) is 14.6 Å². The van der Waals surface area contributed by atoms with E-state index in [2.05, 4.69) is 0 Å². The van der Waals surface area contributed by atoms with Gasteiger partial charge in [0.05, 0.1) is 6.61 Å². The predicted octanol–water partition coefficient (Wildman–Crippen LogP) is 1.79. The van der Waals surface area contributed by atoms with Gasteiger partial charge in [-0.25, -0.2) is 8.42 Å². The van der Waals surface area contributed by atoms with Crippen LogP contribution in [0.25, 0.3) is 0 Å². The average Bonchev–Trinajstić information content (AvgIpc) is 2.29. The van der Waals surface area contributed by atoms with Crippen LogP contribution in [0, 0.1) is 0 Å². The molecule has 0 saturated carbocycles. The topological polar surface area (TPSA) is 60.4 Å². The first-order valence-electron chi connectivity index (χ1n) is 5.08. The van der Waals surface area contributed by atoms with E-state index in [-0.39, 0.29) is 4.91 Å². The van der Waals surface area contributed by atoms with E-state index in [9.17, 15) is 13.2 Å². The summed E-state index contributed by atoms with van der Waals surface area (Å²) < 4.78 is 27.9. The minimum Gasteiger partial charge on any atom is -0.500 e. The second-order valence-electron chi connectivity index (χ2n) is 3.40. The highest BCUT2D eigenvalue weighted by Gasteiger charge is 2.22. The van der Waals surface area contributed by atoms with Crippen LogP contribution in [0.2, 0.25) is 0 Å². The van der Waals surface area contributed by atoms with Crippen molar-refractivity contribution in [3.8, 4) is 0 Å². The van der Waals surface area contributed by atoms with Crippen molar-refractivity contribution in [2.24, 2.45) is 0 Å². The molecular weight excluding hydrogens is 240 g/mol. The highest BCUT2D eigenvalue weighted by molar-refractivity contribution is 7.95. The second-order valence-corrected chi connectivity index (χ2v) is 5.39. The lowest BCUT2D eigenvalue weighted by molar-refractivity contribution is 0.103. The lowest BCUT2D eigenvalue weighted by Gasteiger charge is -2.04. The maximum Gasteiger partial charge on any atom is 0.207 e. The Bertz CT molecular complexity index is 515. The third-order valence-electron chi connectivity index (χ3n) is 2.02. The molecule has 0 heterocycles. The Kier molecular flexibility index (Phi) is 4.45. The number of sulfone groups is 1. The zero-order valence-corrected chi connectivity index (χ0v) is 10.5. The van der Waals surface area contributed by atoms with Crippen LogP contribution in [0.3, 0.4) is 0 Å². The summed E-state index contributed by atoms with van der Waals surface area (Å²) in [5.41, 5.74) is 0.323. The summed E-state index contributed by atoms with van der Waals surface area (Å²) in [6, 6.07) is 8.23. The number of hydrogen-bond acceptors (Lipinski definition) is 4. The molecular formula is C12H14O4S. The lowest BCUT2D eigenvalue weighted by Crippen LogP contribution is -2.13. The van der Waals surface area contributed by atoms with Gasteiger partial charge in [0.1, 0.15) is 11.2 Å². The van der Waals surface area contributed by atoms with E-state index in [1.165, 1.54) is 0 Å². The number of ether oxygens (including phenoxy) is 1. The summed E-state index contributed by atoms with van der Waals surface area (Å²) in [5, 5.41) is 0. The first kappa shape index (κ1) is 13.4. The first-order chi connectivity index (χ1) is 7.96. The third-order valence-corrected chi connectivity index (χ3v) is 3.10. The van der Waals surface area contributed by atoms with Crippen LogP contribution in [-0.4, -0.2) is 27.1 Å². The number of Topliss-reactive ketones (excluding diaryl/α,β-unsaturated/α-hetero) is 1. The van der Waals surface area contributed by atoms with E-state index >= 15 is 0 Å². The fraction of sp³-hybridized carbons (Fsp3) is 0.250. The number of allylic oxidation sites excluding steroid dienone is 1. The predicted molar refractivity (Wildman–Crippen MR) is 65.3 cm³/mol. The number of ketones is 1. The van der Waals surface area contributed by atoms with Crippen LogP contribution >= 0.6 is 0 Å². The molecule has 0 bridgehead atoms. The largest absolute Gasteiger partial charge is 0.500 e. The summed E-state index contributed by atoms with van der Waals surface area (Å²) in [6.45, 7) is 2.02. The van der Waals surface area contributed by atoms with Crippen LogP contribution < -0.4 is 0 Å². The maximum absolute atomic E-state index is 12.0. The second kappa shape index (κ2) is 5.63. The van der Waals surface area contributed by atoms with Gasteiger partial charge in [-0.1, -0.05) is 30.3 Å². The Morgan fingerprint density at radius 3 is 2.35 bits per heavy atom. The van der Waals surface area contributed by atoms with Crippen molar-refractivity contribution in [1.29, 1.82) is 0 Å². The summed E-state index contributed by atoms with van der Waals surface area (Å²) in [7, 11) is -3.60. The molecule has 4 nitrogen and oxygen atoms in total. The Morgan fingerprint density at radius 2 is 1.88 bits per heavy atom. The third kappa shape index (κ3) is 3.71. The molecule has 0 aliphatic carbocycles. The van der Waals surface area contributed by atoms with E-state index < -0.39 is 15.6 Å². The standard InChI is InChI=1S/C12H14O4S/c1-3-16-9-11(17(2,14)15)12(13)10-7-5-4-6-8-10/h4-9H,3H2,1-2H3/b11-9-. The molecule has 0 radical (unpaired) electrons. The fourth-order valence-corrected chi connectivity index (χ4v) is 1.90. The van der Waals surface area contributed by atoms with Crippen molar-refractivity contribution in [3.63, 3.8) is 0 Å². The van der Waals surface area contributed by atoms with E-state index in [1.54, 1.807) is 37.3 Å². The first-order valence-corrected chi connectivity index (χ1v) is 6.97. The van der Waals surface area contributed by atoms with Gasteiger partial charge in [0.15, 0.2) is 9.84 Å². The highest BCUT2D eigenvalue weighted by atomic mass is 32.2. The molecule has 0 aliphatic heterocycles. The van der Waals surface area contributed by atoms with Gasteiger partial charge in [0.2, 0.25) is 5.78 Å². The van der Waals surface area contributed by atoms with Gasteiger partial charge < -0.3 is 4.74 Å². The van der Waals surface area contributed by atoms with Crippen LogP contribution in [0.1, 0.15) is 17.3 Å². The molecule has 0 N–H and O–H groups in total. The fourth-order valence-electron chi connectivity index (χ4n) is 1.20. The van der Waals surface area contributed by atoms with Gasteiger partial charge in [-0.15, -0.1) is 0 Å². The molecule has 0 atom stereocenters. The van der Waals surface area contributed by atoms with Gasteiger partial charge >= 0.3 is 0 Å². The highest BCUT2D eigenvalue weighted by Crippen LogP contribution is 2.13. The number of benzene rings is 1. The number of carbonyl (C=O) groups is 1. The zero-order valence-electron chi connectivity index (χ0n) is 9.71. The van der Waals surface area contributed by atoms with E-state index in [0.717, 1.165) is 12.5 Å². The van der Waals surface area contributed by atoms with Gasteiger partial charge in [-0.2, -0.15) is 0 Å². The monoisotopic (exact) mass is 254 g/mol. The van der Waals surface area contributed by atoms with Gasteiger partial charge in [0.25, 0.3) is 0 Å². The molecule has 0 aromatic heterocycles. The smallest absolute Gasteiger partial charge is 0.207 e. The molecule has 0 fully saturated rings. The minimum atomic E-state index is -3.60. The molecule has 0 saturated heterocycles. The average molecular weight is 254 g/mol. The van der Waals surface area contributed by atoms with Crippen molar-refractivity contribution in [2.45, 2.75) is 6.92 Å². The van der Waals surface area contributed by atoms with Gasteiger partial charge in [-0.05, 0) is 6.92 Å². The van der Waals surface area contributed by atoms with E-state index in [0.29, 0.717) is 12.2 Å². The SMILES string of the molecule is CCO/C=C(/C(=O)c1ccccc1)S(C)(=O)=O. The molecule has 5 heteroatoms. The van der Waals surface area contributed by atoms with E-state index in [4.69, 9.17) is 4.74 Å². The molecule has 17 heavy (non-hydrogen) atoms. The zero-order chi connectivity index (χ0) is 12.9. The quantitative estimate of drug-likeness (QED) is 0.456. The van der Waals surface area contributed by atoms with Crippen LogP contribution in [0.5, 0.6) is 0 Å². The lowest BCUT2D eigenvalue weighted by atomic mass is 10.1. The molecule has 0 aliphatic rings. The summed E-state index contributed by atoms with van der Waals surface area (Å²) in [4.78, 5) is 11.6. The molecule has 1 rings (SSSR count). The molecule has 0 amide bonds. The number of rotatable bonds is 5. The number of hydrogen-bond donors (Lipinski definition) is 0. The normalized spacial score (nSPS) is 12.2. The van der Waals surface area contributed by atoms with Crippen molar-refractivity contribution in [1.82, 2.24) is 0 Å². The molecule has 1 aromatic carbocycles. The molecule has 1 aromatic rings. The Hall–Kier alpha value is -1.62. The molecule has 0 spiro atoms. The minimum absolute atomic E-state index is 0.307. The van der Waals surface area contributed by atoms with E-state index in [1.807, 2.05) is 0 Å². The van der Waals surface area contributed by atoms with Crippen molar-refractivity contribution < 1.29 is 17.9 Å². The molecule has 0 unspecified atom stereocenters. The van der Waals surface area contributed by atoms with Gasteiger partial charge in [-0.3, -0.25) is 4.79 Å². The summed E-state index contributed by atoms with van der Waals surface area (Å²) in [5.74, 6) is -0.554. The number of carbonyl (C=O) groups excluding carboxylic acids is 1. The Morgan fingerprint density at radius 1 is 1.29 bits per heavy atom. The van der Waals surface area contributed by atoms with Crippen LogP contribution in [0.15, 0.2) is 41.5 Å². The Labute approximate surface area is 101 Å². The Balaban J connectivity index is 3.14. The van der Waals surface area contributed by atoms with Crippen molar-refractivity contribution >= 4 is 15.6 Å². The van der Waals surface area contributed by atoms with Gasteiger partial charge in [0, 0.05) is 11.8 Å². The van der Waals surface area contributed by atoms with Crippen molar-refractivity contribution in [3.05, 3.63) is 47.1 Å². The molecule has 92 valence electrons. The summed E-state index contributed by atoms with van der Waals surface area (Å²) in [6.07, 6.45) is 1.99.